The topological polar surface area (TPSA) is 160 Å². The molecule has 7 rings (SSSR count). The quantitative estimate of drug-likeness (QED) is 0.149. The highest BCUT2D eigenvalue weighted by atomic mass is 32.1. The third kappa shape index (κ3) is 10.9. The first-order chi connectivity index (χ1) is 27.1. The summed E-state index contributed by atoms with van der Waals surface area (Å²) in [7, 11) is 1.60. The highest BCUT2D eigenvalue weighted by molar-refractivity contribution is 7.09. The lowest BCUT2D eigenvalue weighted by Crippen LogP contribution is -2.57. The number of carboxylic acid groups (broad SMARTS) is 1. The number of carbonyl (C=O) groups excluding carboxylic acids is 4. The van der Waals surface area contributed by atoms with Gasteiger partial charge >= 0.3 is 5.97 Å². The van der Waals surface area contributed by atoms with E-state index in [4.69, 9.17) is 9.47 Å². The van der Waals surface area contributed by atoms with E-state index in [-0.39, 0.29) is 38.7 Å². The lowest BCUT2D eigenvalue weighted by molar-refractivity contribution is -0.144. The Morgan fingerprint density at radius 1 is 0.696 bits per heavy atom. The number of carbonyl (C=O) groups is 5. The minimum atomic E-state index is -1.17. The van der Waals surface area contributed by atoms with Crippen molar-refractivity contribution in [1.82, 2.24) is 16.0 Å². The van der Waals surface area contributed by atoms with Crippen LogP contribution in [0.5, 0.6) is 11.5 Å². The van der Waals surface area contributed by atoms with Crippen molar-refractivity contribution in [3.63, 3.8) is 0 Å². The van der Waals surface area contributed by atoms with E-state index in [1.807, 2.05) is 96.4 Å². The van der Waals surface area contributed by atoms with E-state index in [1.54, 1.807) is 31.4 Å². The largest absolute Gasteiger partial charge is 0.497 e. The van der Waals surface area contributed by atoms with Crippen LogP contribution >= 0.6 is 11.3 Å². The molecule has 0 fully saturated rings. The molecule has 11 nitrogen and oxygen atoms in total. The number of thiophene rings is 1. The molecule has 0 spiro atoms. The van der Waals surface area contributed by atoms with E-state index < -0.39 is 53.5 Å². The molecule has 288 valence electrons. The molecular formula is C44H43N3O8S. The summed E-state index contributed by atoms with van der Waals surface area (Å²) in [6.07, 6.45) is 0.0554. The van der Waals surface area contributed by atoms with E-state index in [9.17, 15) is 29.1 Å². The molecule has 0 radical (unpaired) electrons. The fraction of sp³-hybridized carbons (Fsp3) is 0.250. The van der Waals surface area contributed by atoms with Gasteiger partial charge in [-0.3, -0.25) is 24.0 Å². The van der Waals surface area contributed by atoms with Crippen LogP contribution < -0.4 is 25.4 Å². The van der Waals surface area contributed by atoms with E-state index in [0.717, 1.165) is 32.9 Å². The van der Waals surface area contributed by atoms with Crippen molar-refractivity contribution in [2.75, 3.05) is 13.7 Å². The third-order valence-electron chi connectivity index (χ3n) is 9.65. The van der Waals surface area contributed by atoms with E-state index >= 15 is 0 Å². The van der Waals surface area contributed by atoms with Gasteiger partial charge in [0, 0.05) is 24.1 Å². The summed E-state index contributed by atoms with van der Waals surface area (Å²) < 4.78 is 11.0. The number of fused-ring (bicyclic) bond motifs is 16. The van der Waals surface area contributed by atoms with E-state index in [2.05, 4.69) is 16.0 Å². The number of methoxy groups -OCH3 is 1. The average Bonchev–Trinajstić information content (AvgIpc) is 3.73. The molecule has 2 aliphatic heterocycles. The van der Waals surface area contributed by atoms with E-state index in [0.29, 0.717) is 11.3 Å². The van der Waals surface area contributed by atoms with Crippen molar-refractivity contribution < 1.29 is 38.6 Å². The molecule has 0 saturated carbocycles. The average molecular weight is 774 g/mol. The zero-order valence-electron chi connectivity index (χ0n) is 30.8. The van der Waals surface area contributed by atoms with Gasteiger partial charge in [-0.15, -0.1) is 11.3 Å². The van der Waals surface area contributed by atoms with Gasteiger partial charge in [0.25, 0.3) is 5.91 Å². The number of amides is 3. The second-order valence-electron chi connectivity index (χ2n) is 13.7. The maximum atomic E-state index is 14.4. The molecular weight excluding hydrogens is 731 g/mol. The second-order valence-corrected chi connectivity index (χ2v) is 14.7. The maximum absolute atomic E-state index is 14.4. The van der Waals surface area contributed by atoms with Crippen LogP contribution in [0.2, 0.25) is 0 Å². The number of hydrogen-bond acceptors (Lipinski definition) is 8. The van der Waals surface area contributed by atoms with Crippen LogP contribution in [0.1, 0.15) is 28.0 Å². The number of carboxylic acids is 1. The summed E-state index contributed by atoms with van der Waals surface area (Å²) in [4.78, 5) is 69.0. The Labute approximate surface area is 329 Å². The third-order valence-corrected chi connectivity index (χ3v) is 10.5. The van der Waals surface area contributed by atoms with Crippen LogP contribution in [0.4, 0.5) is 0 Å². The molecule has 0 saturated heterocycles. The standard InChI is InChI=1S/C44H43N3O8S/c1-54-34-19-15-32(16-20-34)31-13-9-30(10-14-31)24-38-42(50)46-37(23-28-6-3-2-4-7-28)40(48)25-33(44(52)53)22-29-11-17-35(18-12-29)55-27-41(49)45-39(43(51)47-38)26-36-8-5-21-56-36/h2-21,33,37-39H,22-27H2,1H3,(H,45,49)(H,46,50)(H,47,51)(H,52,53)/t33-,37+,38+,39+/m1/s1. The highest BCUT2D eigenvalue weighted by Gasteiger charge is 2.32. The maximum Gasteiger partial charge on any atom is 0.307 e. The number of Topliss-reactive ketones (excluding diaryl/α,β-unsaturated/α-hetero) is 1. The smallest absolute Gasteiger partial charge is 0.307 e. The second kappa shape index (κ2) is 18.9. The number of hydrogen-bond donors (Lipinski definition) is 4. The summed E-state index contributed by atoms with van der Waals surface area (Å²) >= 11 is 1.43. The molecule has 12 heteroatoms. The van der Waals surface area contributed by atoms with Crippen molar-refractivity contribution in [3.05, 3.63) is 142 Å². The SMILES string of the molecule is COc1ccc(-c2ccc(C[C@@H]3NC(=O)[C@H](Cc4cccs4)NC(=O)COc4ccc(cc4)C[C@@H](C(=O)O)CC(=O)[C@H](Cc4ccccc4)NC3=O)cc2)cc1. The van der Waals surface area contributed by atoms with Gasteiger partial charge in [-0.25, -0.2) is 0 Å². The Kier molecular flexibility index (Phi) is 13.3. The highest BCUT2D eigenvalue weighted by Crippen LogP contribution is 2.24. The van der Waals surface area contributed by atoms with Gasteiger partial charge in [0.2, 0.25) is 11.8 Å². The van der Waals surface area contributed by atoms with Gasteiger partial charge in [0.05, 0.1) is 19.1 Å². The number of nitrogens with one attached hydrogen (secondary N) is 3. The van der Waals surface area contributed by atoms with Crippen molar-refractivity contribution in [3.8, 4) is 22.6 Å². The Balaban J connectivity index is 1.33. The first-order valence-corrected chi connectivity index (χ1v) is 19.2. The van der Waals surface area contributed by atoms with Gasteiger partial charge in [-0.05, 0) is 76.4 Å². The Hall–Kier alpha value is -6.27. The van der Waals surface area contributed by atoms with Crippen molar-refractivity contribution in [2.24, 2.45) is 5.92 Å². The zero-order chi connectivity index (χ0) is 39.4. The zero-order valence-corrected chi connectivity index (χ0v) is 31.6. The van der Waals surface area contributed by atoms with E-state index in [1.165, 1.54) is 11.3 Å². The molecule has 4 aromatic carbocycles. The molecule has 4 atom stereocenters. The lowest BCUT2D eigenvalue weighted by atomic mass is 9.90. The van der Waals surface area contributed by atoms with Gasteiger partial charge in [-0.1, -0.05) is 84.9 Å². The molecule has 3 heterocycles. The molecule has 0 aliphatic carbocycles. The minimum absolute atomic E-state index is 0.0568. The predicted molar refractivity (Wildman–Crippen MR) is 212 cm³/mol. The van der Waals surface area contributed by atoms with Crippen LogP contribution in [0.3, 0.4) is 0 Å². The van der Waals surface area contributed by atoms with Crippen LogP contribution in [0.15, 0.2) is 121 Å². The number of aliphatic carboxylic acids is 1. The van der Waals surface area contributed by atoms with Gasteiger partial charge < -0.3 is 30.5 Å². The van der Waals surface area contributed by atoms with Gasteiger partial charge in [-0.2, -0.15) is 0 Å². The van der Waals surface area contributed by atoms with Crippen LogP contribution in [0.25, 0.3) is 11.1 Å². The number of ether oxygens (including phenoxy) is 2. The van der Waals surface area contributed by atoms with Crippen molar-refractivity contribution in [1.29, 1.82) is 0 Å². The normalized spacial score (nSPS) is 19.7. The predicted octanol–water partition coefficient (Wildman–Crippen LogP) is 5.20. The molecule has 4 N–H and O–H groups in total. The van der Waals surface area contributed by atoms with Gasteiger partial charge in [0.15, 0.2) is 12.4 Å². The van der Waals surface area contributed by atoms with Crippen molar-refractivity contribution >= 4 is 40.8 Å². The Bertz CT molecular complexity index is 2100. The summed E-state index contributed by atoms with van der Waals surface area (Å²) in [6.45, 7) is -0.383. The van der Waals surface area contributed by atoms with Crippen LogP contribution in [-0.4, -0.2) is 66.4 Å². The Morgan fingerprint density at radius 3 is 1.93 bits per heavy atom. The molecule has 3 amide bonds. The van der Waals surface area contributed by atoms with Crippen LogP contribution in [0, 0.1) is 5.92 Å². The fourth-order valence-electron chi connectivity index (χ4n) is 6.56. The lowest BCUT2D eigenvalue weighted by Gasteiger charge is -2.26. The Morgan fingerprint density at radius 2 is 1.30 bits per heavy atom. The number of benzene rings is 4. The molecule has 2 aliphatic rings. The number of ketones is 1. The summed E-state index contributed by atoms with van der Waals surface area (Å²) in [5.74, 6) is -3.34. The molecule has 5 aromatic rings. The van der Waals surface area contributed by atoms with Gasteiger partial charge in [0.1, 0.15) is 23.6 Å². The minimum Gasteiger partial charge on any atom is -0.497 e. The van der Waals surface area contributed by atoms with Crippen LogP contribution in [-0.2, 0) is 49.7 Å². The summed E-state index contributed by atoms with van der Waals surface area (Å²) in [5.41, 5.74) is 4.05. The molecule has 0 unspecified atom stereocenters. The monoisotopic (exact) mass is 773 g/mol. The molecule has 56 heavy (non-hydrogen) atoms. The first-order valence-electron chi connectivity index (χ1n) is 18.3. The molecule has 1 aromatic heterocycles. The molecule has 2 bridgehead atoms. The first kappa shape index (κ1) is 39.4. The fourth-order valence-corrected chi connectivity index (χ4v) is 7.32. The summed E-state index contributed by atoms with van der Waals surface area (Å²) in [5, 5.41) is 20.6. The van der Waals surface area contributed by atoms with Crippen molar-refractivity contribution in [2.45, 2.75) is 50.2 Å². The number of rotatable bonds is 9. The summed E-state index contributed by atoms with van der Waals surface area (Å²) in [6, 6.07) is 31.3.